The van der Waals surface area contributed by atoms with E-state index in [9.17, 15) is 0 Å². The predicted molar refractivity (Wildman–Crippen MR) is 57.8 cm³/mol. The topological polar surface area (TPSA) is 27.0 Å². The maximum atomic E-state index is 8.76. The molecule has 0 saturated carbocycles. The minimum Gasteiger partial charge on any atom is -0.288 e. The number of piperidine rings is 1. The summed E-state index contributed by atoms with van der Waals surface area (Å²) in [4.78, 5) is 2.28. The molecule has 1 fully saturated rings. The molecule has 0 radical (unpaired) electrons. The van der Waals surface area contributed by atoms with Crippen LogP contribution in [0.1, 0.15) is 26.7 Å². The van der Waals surface area contributed by atoms with Crippen LogP contribution >= 0.6 is 11.8 Å². The van der Waals surface area contributed by atoms with Gasteiger partial charge in [-0.2, -0.15) is 17.0 Å². The van der Waals surface area contributed by atoms with Gasteiger partial charge in [0, 0.05) is 18.3 Å². The van der Waals surface area contributed by atoms with Gasteiger partial charge in [0.1, 0.15) is 0 Å². The molecule has 0 bridgehead atoms. The van der Waals surface area contributed by atoms with Crippen molar-refractivity contribution in [3.8, 4) is 6.07 Å². The Morgan fingerprint density at radius 1 is 1.54 bits per heavy atom. The molecule has 1 saturated heterocycles. The Morgan fingerprint density at radius 2 is 2.15 bits per heavy atom. The molecule has 1 atom stereocenters. The second-order valence-electron chi connectivity index (χ2n) is 3.50. The number of nitrogens with zero attached hydrogens (tertiary/aromatic N) is 2. The molecule has 13 heavy (non-hydrogen) atoms. The summed E-state index contributed by atoms with van der Waals surface area (Å²) in [6.45, 7) is 6.42. The Labute approximate surface area is 85.3 Å². The zero-order chi connectivity index (χ0) is 9.68. The summed E-state index contributed by atoms with van der Waals surface area (Å²) in [6.07, 6.45) is 2.51. The van der Waals surface area contributed by atoms with Crippen molar-refractivity contribution in [2.45, 2.75) is 38.0 Å². The smallest absolute Gasteiger partial charge is 0.0949 e. The lowest BCUT2D eigenvalue weighted by Gasteiger charge is -2.32. The molecule has 0 spiro atoms. The van der Waals surface area contributed by atoms with E-state index in [1.165, 1.54) is 18.6 Å². The minimum atomic E-state index is 0.104. The van der Waals surface area contributed by atoms with Crippen LogP contribution in [-0.2, 0) is 0 Å². The Bertz CT molecular complexity index is 180. The van der Waals surface area contributed by atoms with Crippen LogP contribution in [0.25, 0.3) is 0 Å². The van der Waals surface area contributed by atoms with E-state index >= 15 is 0 Å². The van der Waals surface area contributed by atoms with E-state index < -0.39 is 0 Å². The summed E-state index contributed by atoms with van der Waals surface area (Å²) in [5, 5.41) is 9.60. The molecule has 74 valence electrons. The third kappa shape index (κ3) is 3.21. The molecule has 0 aromatic rings. The first-order valence-electron chi connectivity index (χ1n) is 5.03. The molecule has 0 N–H and O–H groups in total. The lowest BCUT2D eigenvalue weighted by molar-refractivity contribution is 0.208. The first-order chi connectivity index (χ1) is 6.27. The molecular weight excluding hydrogens is 180 g/mol. The van der Waals surface area contributed by atoms with Crippen LogP contribution in [0, 0.1) is 11.3 Å². The summed E-state index contributed by atoms with van der Waals surface area (Å²) >= 11 is 2.06. The van der Waals surface area contributed by atoms with Gasteiger partial charge >= 0.3 is 0 Å². The quantitative estimate of drug-likeness (QED) is 0.695. The third-order valence-corrected chi connectivity index (χ3v) is 3.89. The van der Waals surface area contributed by atoms with Crippen molar-refractivity contribution >= 4 is 11.8 Å². The highest BCUT2D eigenvalue weighted by Crippen LogP contribution is 2.23. The van der Waals surface area contributed by atoms with Gasteiger partial charge in [0.15, 0.2) is 0 Å². The van der Waals surface area contributed by atoms with E-state index in [0.717, 1.165) is 18.3 Å². The molecule has 1 unspecified atom stereocenters. The summed E-state index contributed by atoms with van der Waals surface area (Å²) in [5.41, 5.74) is 0. The molecule has 0 aliphatic carbocycles. The number of hydrogen-bond donors (Lipinski definition) is 0. The van der Waals surface area contributed by atoms with Crippen molar-refractivity contribution < 1.29 is 0 Å². The lowest BCUT2D eigenvalue weighted by atomic mass is 10.1. The van der Waals surface area contributed by atoms with E-state index in [-0.39, 0.29) is 6.04 Å². The monoisotopic (exact) mass is 198 g/mol. The number of nitriles is 1. The van der Waals surface area contributed by atoms with Crippen molar-refractivity contribution in [1.82, 2.24) is 4.90 Å². The zero-order valence-corrected chi connectivity index (χ0v) is 9.31. The normalized spacial score (nSPS) is 22.5. The number of thioether (sulfide) groups is 1. The molecule has 1 aliphatic heterocycles. The maximum Gasteiger partial charge on any atom is 0.0949 e. The predicted octanol–water partition coefficient (Wildman–Crippen LogP) is 2.12. The van der Waals surface area contributed by atoms with Crippen LogP contribution in [-0.4, -0.2) is 35.0 Å². The van der Waals surface area contributed by atoms with Gasteiger partial charge in [0.25, 0.3) is 0 Å². The molecular formula is C10H18N2S. The van der Waals surface area contributed by atoms with Crippen molar-refractivity contribution in [3.05, 3.63) is 0 Å². The highest BCUT2D eigenvalue weighted by atomic mass is 32.2. The van der Waals surface area contributed by atoms with Gasteiger partial charge in [-0.1, -0.05) is 6.92 Å². The summed E-state index contributed by atoms with van der Waals surface area (Å²) in [6, 6.07) is 2.40. The van der Waals surface area contributed by atoms with Gasteiger partial charge < -0.3 is 0 Å². The Balaban J connectivity index is 2.27. The highest BCUT2D eigenvalue weighted by Gasteiger charge is 2.21. The number of hydrogen-bond acceptors (Lipinski definition) is 3. The minimum absolute atomic E-state index is 0.104. The summed E-state index contributed by atoms with van der Waals surface area (Å²) < 4.78 is 0. The molecule has 1 heterocycles. The van der Waals surface area contributed by atoms with Gasteiger partial charge in [-0.25, -0.2) is 0 Å². The first kappa shape index (κ1) is 10.9. The molecule has 0 aromatic heterocycles. The number of rotatable bonds is 3. The molecule has 0 aromatic carbocycles. The fraction of sp³-hybridized carbons (Fsp3) is 0.900. The SMILES string of the molecule is CCSC1CCN(C(C)C#N)CC1. The van der Waals surface area contributed by atoms with Crippen molar-refractivity contribution in [2.75, 3.05) is 18.8 Å². The van der Waals surface area contributed by atoms with Crippen molar-refractivity contribution in [1.29, 1.82) is 5.26 Å². The summed E-state index contributed by atoms with van der Waals surface area (Å²) in [7, 11) is 0. The fourth-order valence-corrected chi connectivity index (χ4v) is 2.76. The first-order valence-corrected chi connectivity index (χ1v) is 6.08. The number of likely N-dealkylation sites (tertiary alicyclic amines) is 1. The van der Waals surface area contributed by atoms with E-state index in [0.29, 0.717) is 0 Å². The molecule has 2 nitrogen and oxygen atoms in total. The highest BCUT2D eigenvalue weighted by molar-refractivity contribution is 7.99. The van der Waals surface area contributed by atoms with Crippen LogP contribution in [0.5, 0.6) is 0 Å². The van der Waals surface area contributed by atoms with E-state index in [2.05, 4.69) is 29.7 Å². The zero-order valence-electron chi connectivity index (χ0n) is 8.49. The largest absolute Gasteiger partial charge is 0.288 e. The van der Waals surface area contributed by atoms with E-state index in [1.54, 1.807) is 0 Å². The van der Waals surface area contributed by atoms with Gasteiger partial charge in [-0.3, -0.25) is 4.90 Å². The fourth-order valence-electron chi connectivity index (χ4n) is 1.75. The Morgan fingerprint density at radius 3 is 2.62 bits per heavy atom. The molecule has 1 aliphatic rings. The molecule has 0 amide bonds. The van der Waals surface area contributed by atoms with Crippen molar-refractivity contribution in [2.24, 2.45) is 0 Å². The van der Waals surface area contributed by atoms with Crippen LogP contribution in [0.15, 0.2) is 0 Å². The van der Waals surface area contributed by atoms with Crippen molar-refractivity contribution in [3.63, 3.8) is 0 Å². The summed E-state index contributed by atoms with van der Waals surface area (Å²) in [5.74, 6) is 1.22. The average Bonchev–Trinajstić information content (AvgIpc) is 2.18. The second kappa shape index (κ2) is 5.51. The molecule has 3 heteroatoms. The maximum absolute atomic E-state index is 8.76. The van der Waals surface area contributed by atoms with Gasteiger partial charge in [0.2, 0.25) is 0 Å². The van der Waals surface area contributed by atoms with E-state index in [4.69, 9.17) is 5.26 Å². The molecule has 1 rings (SSSR count). The average molecular weight is 198 g/mol. The standard InChI is InChI=1S/C10H18N2S/c1-3-13-10-4-6-12(7-5-10)9(2)8-11/h9-10H,3-7H2,1-2H3. The van der Waals surface area contributed by atoms with Crippen LogP contribution < -0.4 is 0 Å². The van der Waals surface area contributed by atoms with Crippen LogP contribution in [0.2, 0.25) is 0 Å². The lowest BCUT2D eigenvalue weighted by Crippen LogP contribution is -2.40. The van der Waals surface area contributed by atoms with Crippen LogP contribution in [0.4, 0.5) is 0 Å². The third-order valence-electron chi connectivity index (χ3n) is 2.61. The van der Waals surface area contributed by atoms with Gasteiger partial charge in [0.05, 0.1) is 12.1 Å². The van der Waals surface area contributed by atoms with E-state index in [1.807, 2.05) is 6.92 Å². The Hall–Kier alpha value is -0.200. The van der Waals surface area contributed by atoms with Crippen LogP contribution in [0.3, 0.4) is 0 Å². The van der Waals surface area contributed by atoms with Gasteiger partial charge in [-0.05, 0) is 25.5 Å². The van der Waals surface area contributed by atoms with Gasteiger partial charge in [-0.15, -0.1) is 0 Å². The second-order valence-corrected chi connectivity index (χ2v) is 5.07. The Kier molecular flexibility index (Phi) is 4.61.